The van der Waals surface area contributed by atoms with Gasteiger partial charge in [-0.15, -0.1) is 0 Å². The molecule has 0 aliphatic heterocycles. The standard InChI is InChI=1S/C11H24O/c1-4-7-9-11(12-6-3)10-8-5-2/h11H,4-10H2,1-3H3. The van der Waals surface area contributed by atoms with Gasteiger partial charge >= 0.3 is 0 Å². The molecule has 1 nitrogen and oxygen atoms in total. The molecule has 0 spiro atoms. The van der Waals surface area contributed by atoms with Crippen LogP contribution in [0.3, 0.4) is 0 Å². The molecular formula is C11H24O. The quantitative estimate of drug-likeness (QED) is 0.541. The smallest absolute Gasteiger partial charge is 0.0575 e. The van der Waals surface area contributed by atoms with Gasteiger partial charge in [0.15, 0.2) is 0 Å². The summed E-state index contributed by atoms with van der Waals surface area (Å²) in [5.41, 5.74) is 0. The normalized spacial score (nSPS) is 11.0. The molecule has 0 aromatic carbocycles. The Labute approximate surface area is 77.5 Å². The van der Waals surface area contributed by atoms with Crippen molar-refractivity contribution in [3.05, 3.63) is 0 Å². The van der Waals surface area contributed by atoms with E-state index in [0.717, 1.165) is 6.61 Å². The van der Waals surface area contributed by atoms with Gasteiger partial charge in [-0.1, -0.05) is 39.5 Å². The predicted octanol–water partition coefficient (Wildman–Crippen LogP) is 3.77. The summed E-state index contributed by atoms with van der Waals surface area (Å²) in [4.78, 5) is 0. The Balaban J connectivity index is 3.40. The first-order valence-corrected chi connectivity index (χ1v) is 5.46. The minimum atomic E-state index is 0.537. The van der Waals surface area contributed by atoms with Crippen molar-refractivity contribution in [2.45, 2.75) is 65.4 Å². The van der Waals surface area contributed by atoms with Crippen molar-refractivity contribution in [1.29, 1.82) is 0 Å². The molecule has 1 heteroatoms. The minimum absolute atomic E-state index is 0.537. The Hall–Kier alpha value is -0.0400. The van der Waals surface area contributed by atoms with E-state index in [2.05, 4.69) is 20.8 Å². The van der Waals surface area contributed by atoms with Crippen LogP contribution in [-0.2, 0) is 4.74 Å². The molecule has 0 heterocycles. The minimum Gasteiger partial charge on any atom is -0.379 e. The second kappa shape index (κ2) is 9.05. The third-order valence-electron chi connectivity index (χ3n) is 2.16. The molecule has 0 aromatic heterocycles. The van der Waals surface area contributed by atoms with Crippen LogP contribution >= 0.6 is 0 Å². The highest BCUT2D eigenvalue weighted by Crippen LogP contribution is 2.11. The van der Waals surface area contributed by atoms with Gasteiger partial charge in [0, 0.05) is 6.61 Å². The molecule has 0 N–H and O–H groups in total. The van der Waals surface area contributed by atoms with Gasteiger partial charge in [0.25, 0.3) is 0 Å². The SMILES string of the molecule is CCCCC(CCCC)OCC. The Morgan fingerprint density at radius 1 is 0.917 bits per heavy atom. The van der Waals surface area contributed by atoms with E-state index in [1.54, 1.807) is 0 Å². The number of rotatable bonds is 8. The average molecular weight is 172 g/mol. The molecule has 0 rings (SSSR count). The molecule has 12 heavy (non-hydrogen) atoms. The monoisotopic (exact) mass is 172 g/mol. The highest BCUT2D eigenvalue weighted by Gasteiger charge is 2.05. The zero-order chi connectivity index (χ0) is 9.23. The number of ether oxygens (including phenoxy) is 1. The lowest BCUT2D eigenvalue weighted by Crippen LogP contribution is -2.12. The summed E-state index contributed by atoms with van der Waals surface area (Å²) in [6.45, 7) is 7.44. The van der Waals surface area contributed by atoms with E-state index < -0.39 is 0 Å². The molecule has 0 amide bonds. The molecule has 0 unspecified atom stereocenters. The van der Waals surface area contributed by atoms with Crippen molar-refractivity contribution in [2.24, 2.45) is 0 Å². The van der Waals surface area contributed by atoms with E-state index in [-0.39, 0.29) is 0 Å². The van der Waals surface area contributed by atoms with Crippen LogP contribution < -0.4 is 0 Å². The van der Waals surface area contributed by atoms with Crippen LogP contribution in [0.15, 0.2) is 0 Å². The second-order valence-corrected chi connectivity index (χ2v) is 3.36. The van der Waals surface area contributed by atoms with Crippen LogP contribution in [-0.4, -0.2) is 12.7 Å². The van der Waals surface area contributed by atoms with E-state index in [0.29, 0.717) is 6.10 Å². The van der Waals surface area contributed by atoms with Crippen molar-refractivity contribution in [3.63, 3.8) is 0 Å². The first kappa shape index (κ1) is 12.0. The summed E-state index contributed by atoms with van der Waals surface area (Å²) in [5, 5.41) is 0. The third-order valence-corrected chi connectivity index (χ3v) is 2.16. The largest absolute Gasteiger partial charge is 0.379 e. The molecule has 0 saturated heterocycles. The van der Waals surface area contributed by atoms with E-state index in [1.807, 2.05) is 0 Å². The Bertz CT molecular complexity index is 73.1. The van der Waals surface area contributed by atoms with Gasteiger partial charge in [0.1, 0.15) is 0 Å². The van der Waals surface area contributed by atoms with Gasteiger partial charge in [-0.3, -0.25) is 0 Å². The summed E-state index contributed by atoms with van der Waals surface area (Å²) < 4.78 is 5.65. The van der Waals surface area contributed by atoms with Crippen LogP contribution in [0.4, 0.5) is 0 Å². The Morgan fingerprint density at radius 3 is 1.75 bits per heavy atom. The molecular weight excluding hydrogens is 148 g/mol. The lowest BCUT2D eigenvalue weighted by molar-refractivity contribution is 0.0477. The summed E-state index contributed by atoms with van der Waals surface area (Å²) >= 11 is 0. The maximum Gasteiger partial charge on any atom is 0.0575 e. The van der Waals surface area contributed by atoms with Crippen molar-refractivity contribution >= 4 is 0 Å². The van der Waals surface area contributed by atoms with Crippen LogP contribution in [0.2, 0.25) is 0 Å². The Kier molecular flexibility index (Phi) is 9.02. The van der Waals surface area contributed by atoms with Gasteiger partial charge in [-0.25, -0.2) is 0 Å². The number of unbranched alkanes of at least 4 members (excludes halogenated alkanes) is 2. The first-order valence-electron chi connectivity index (χ1n) is 5.46. The van der Waals surface area contributed by atoms with Crippen LogP contribution in [0.1, 0.15) is 59.3 Å². The fraction of sp³-hybridized carbons (Fsp3) is 1.00. The summed E-state index contributed by atoms with van der Waals surface area (Å²) in [5.74, 6) is 0. The van der Waals surface area contributed by atoms with Crippen molar-refractivity contribution < 1.29 is 4.74 Å². The van der Waals surface area contributed by atoms with Crippen LogP contribution in [0.5, 0.6) is 0 Å². The summed E-state index contributed by atoms with van der Waals surface area (Å²) in [6, 6.07) is 0. The third kappa shape index (κ3) is 6.66. The van der Waals surface area contributed by atoms with E-state index in [9.17, 15) is 0 Å². The molecule has 0 saturated carbocycles. The maximum atomic E-state index is 5.65. The fourth-order valence-corrected chi connectivity index (χ4v) is 1.41. The number of hydrogen-bond acceptors (Lipinski definition) is 1. The molecule has 0 aliphatic rings. The van der Waals surface area contributed by atoms with Gasteiger partial charge < -0.3 is 4.74 Å². The number of hydrogen-bond donors (Lipinski definition) is 0. The molecule has 0 aromatic rings. The topological polar surface area (TPSA) is 9.23 Å². The fourth-order valence-electron chi connectivity index (χ4n) is 1.41. The van der Waals surface area contributed by atoms with E-state index in [1.165, 1.54) is 38.5 Å². The highest BCUT2D eigenvalue weighted by molar-refractivity contribution is 4.57. The van der Waals surface area contributed by atoms with Crippen molar-refractivity contribution in [2.75, 3.05) is 6.61 Å². The lowest BCUT2D eigenvalue weighted by atomic mass is 10.1. The van der Waals surface area contributed by atoms with Crippen molar-refractivity contribution in [3.8, 4) is 0 Å². The maximum absolute atomic E-state index is 5.65. The molecule has 0 fully saturated rings. The van der Waals surface area contributed by atoms with Crippen LogP contribution in [0.25, 0.3) is 0 Å². The van der Waals surface area contributed by atoms with Crippen LogP contribution in [0, 0.1) is 0 Å². The lowest BCUT2D eigenvalue weighted by Gasteiger charge is -2.15. The van der Waals surface area contributed by atoms with Crippen molar-refractivity contribution in [1.82, 2.24) is 0 Å². The molecule has 0 aliphatic carbocycles. The second-order valence-electron chi connectivity index (χ2n) is 3.36. The predicted molar refractivity (Wildman–Crippen MR) is 54.5 cm³/mol. The van der Waals surface area contributed by atoms with E-state index in [4.69, 9.17) is 4.74 Å². The summed E-state index contributed by atoms with van der Waals surface area (Å²) in [6.07, 6.45) is 8.25. The van der Waals surface area contributed by atoms with Gasteiger partial charge in [-0.2, -0.15) is 0 Å². The highest BCUT2D eigenvalue weighted by atomic mass is 16.5. The zero-order valence-electron chi connectivity index (χ0n) is 8.94. The zero-order valence-corrected chi connectivity index (χ0v) is 8.94. The molecule has 0 atom stereocenters. The first-order chi connectivity index (χ1) is 5.85. The van der Waals surface area contributed by atoms with Gasteiger partial charge in [0.05, 0.1) is 6.10 Å². The van der Waals surface area contributed by atoms with Gasteiger partial charge in [-0.05, 0) is 19.8 Å². The molecule has 0 bridgehead atoms. The van der Waals surface area contributed by atoms with E-state index >= 15 is 0 Å². The summed E-state index contributed by atoms with van der Waals surface area (Å²) in [7, 11) is 0. The average Bonchev–Trinajstić information content (AvgIpc) is 2.10. The molecule has 0 radical (unpaired) electrons. The molecule has 74 valence electrons. The van der Waals surface area contributed by atoms with Gasteiger partial charge in [0.2, 0.25) is 0 Å². The Morgan fingerprint density at radius 2 is 1.42 bits per heavy atom.